The van der Waals surface area contributed by atoms with Gasteiger partial charge in [0.05, 0.1) is 33.0 Å². The van der Waals surface area contributed by atoms with Crippen LogP contribution in [0, 0.1) is 5.82 Å². The Morgan fingerprint density at radius 2 is 2.30 bits per heavy atom. The number of hydrogen-bond donors (Lipinski definition) is 1. The van der Waals surface area contributed by atoms with Gasteiger partial charge in [0.1, 0.15) is 0 Å². The number of hydrogen-bond acceptors (Lipinski definition) is 4. The molecule has 1 aromatic carbocycles. The Balaban J connectivity index is 2.04. The first-order valence-electron chi connectivity index (χ1n) is 6.99. The fourth-order valence-corrected chi connectivity index (χ4v) is 2.43. The smallest absolute Gasteiger partial charge is 0.165 e. The van der Waals surface area contributed by atoms with E-state index in [1.807, 2.05) is 13.0 Å². The molecule has 2 atom stereocenters. The minimum atomic E-state index is -0.332. The Kier molecular flexibility index (Phi) is 5.76. The monoisotopic (exact) mass is 283 g/mol. The van der Waals surface area contributed by atoms with E-state index in [1.54, 1.807) is 6.07 Å². The molecular weight excluding hydrogens is 261 g/mol. The molecule has 0 saturated carbocycles. The lowest BCUT2D eigenvalue weighted by Crippen LogP contribution is -2.47. The fourth-order valence-electron chi connectivity index (χ4n) is 2.43. The third-order valence-electron chi connectivity index (χ3n) is 3.43. The number of halogens is 1. The van der Waals surface area contributed by atoms with Gasteiger partial charge in [0.25, 0.3) is 0 Å². The topological polar surface area (TPSA) is 39.7 Å². The SMILES string of the molecule is CCNC(Cc1ccc(OC)c(F)c1)C1COCCO1. The van der Waals surface area contributed by atoms with Crippen molar-refractivity contribution in [3.8, 4) is 5.75 Å². The van der Waals surface area contributed by atoms with Crippen molar-refractivity contribution in [2.45, 2.75) is 25.5 Å². The molecule has 5 heteroatoms. The maximum Gasteiger partial charge on any atom is 0.165 e. The lowest BCUT2D eigenvalue weighted by Gasteiger charge is -2.31. The summed E-state index contributed by atoms with van der Waals surface area (Å²) >= 11 is 0. The zero-order valence-electron chi connectivity index (χ0n) is 12.0. The largest absolute Gasteiger partial charge is 0.494 e. The van der Waals surface area contributed by atoms with Crippen LogP contribution in [0.5, 0.6) is 5.75 Å². The highest BCUT2D eigenvalue weighted by molar-refractivity contribution is 5.29. The van der Waals surface area contributed by atoms with Crippen molar-refractivity contribution in [1.82, 2.24) is 5.32 Å². The van der Waals surface area contributed by atoms with E-state index in [4.69, 9.17) is 14.2 Å². The van der Waals surface area contributed by atoms with Crippen LogP contribution < -0.4 is 10.1 Å². The summed E-state index contributed by atoms with van der Waals surface area (Å²) in [5.74, 6) is -0.0629. The van der Waals surface area contributed by atoms with Crippen LogP contribution in [0.15, 0.2) is 18.2 Å². The molecule has 0 spiro atoms. The second kappa shape index (κ2) is 7.57. The maximum absolute atomic E-state index is 13.7. The molecule has 1 aliphatic rings. The number of nitrogens with one attached hydrogen (secondary N) is 1. The van der Waals surface area contributed by atoms with Crippen LogP contribution in [-0.4, -0.2) is 45.6 Å². The second-order valence-corrected chi connectivity index (χ2v) is 4.82. The summed E-state index contributed by atoms with van der Waals surface area (Å²) in [4.78, 5) is 0. The molecule has 4 nitrogen and oxygen atoms in total. The summed E-state index contributed by atoms with van der Waals surface area (Å²) in [5, 5.41) is 3.39. The van der Waals surface area contributed by atoms with E-state index in [0.29, 0.717) is 26.2 Å². The maximum atomic E-state index is 13.7. The molecule has 1 fully saturated rings. The van der Waals surface area contributed by atoms with Crippen molar-refractivity contribution < 1.29 is 18.6 Å². The minimum absolute atomic E-state index is 0.00821. The predicted octanol–water partition coefficient (Wildman–Crippen LogP) is 1.77. The Morgan fingerprint density at radius 1 is 1.45 bits per heavy atom. The highest BCUT2D eigenvalue weighted by atomic mass is 19.1. The fraction of sp³-hybridized carbons (Fsp3) is 0.600. The van der Waals surface area contributed by atoms with Crippen LogP contribution in [0.2, 0.25) is 0 Å². The number of methoxy groups -OCH3 is 1. The quantitative estimate of drug-likeness (QED) is 0.864. The van der Waals surface area contributed by atoms with Crippen LogP contribution in [-0.2, 0) is 15.9 Å². The van der Waals surface area contributed by atoms with E-state index >= 15 is 0 Å². The Hall–Kier alpha value is -1.17. The van der Waals surface area contributed by atoms with Crippen molar-refractivity contribution in [3.63, 3.8) is 0 Å². The zero-order valence-corrected chi connectivity index (χ0v) is 12.0. The molecule has 2 unspecified atom stereocenters. The molecule has 1 saturated heterocycles. The summed E-state index contributed by atoms with van der Waals surface area (Å²) in [6.07, 6.45) is 0.705. The van der Waals surface area contributed by atoms with E-state index in [0.717, 1.165) is 12.1 Å². The van der Waals surface area contributed by atoms with Gasteiger partial charge in [-0.3, -0.25) is 0 Å². The second-order valence-electron chi connectivity index (χ2n) is 4.82. The average molecular weight is 283 g/mol. The third-order valence-corrected chi connectivity index (χ3v) is 3.43. The van der Waals surface area contributed by atoms with E-state index in [-0.39, 0.29) is 23.7 Å². The van der Waals surface area contributed by atoms with Gasteiger partial charge in [-0.2, -0.15) is 0 Å². The van der Waals surface area contributed by atoms with Crippen molar-refractivity contribution in [2.24, 2.45) is 0 Å². The van der Waals surface area contributed by atoms with Gasteiger partial charge in [-0.1, -0.05) is 13.0 Å². The van der Waals surface area contributed by atoms with Gasteiger partial charge in [0.2, 0.25) is 0 Å². The molecule has 0 aromatic heterocycles. The summed E-state index contributed by atoms with van der Waals surface area (Å²) in [6, 6.07) is 5.18. The standard InChI is InChI=1S/C15H22FNO3/c1-3-17-13(15-10-19-6-7-20-15)9-11-4-5-14(18-2)12(16)8-11/h4-5,8,13,15,17H,3,6-7,9-10H2,1-2H3. The molecule has 1 aliphatic heterocycles. The van der Waals surface area contributed by atoms with E-state index < -0.39 is 0 Å². The van der Waals surface area contributed by atoms with Crippen molar-refractivity contribution in [2.75, 3.05) is 33.5 Å². The minimum Gasteiger partial charge on any atom is -0.494 e. The summed E-state index contributed by atoms with van der Waals surface area (Å²) in [6.45, 7) is 4.72. The van der Waals surface area contributed by atoms with Crippen molar-refractivity contribution in [3.05, 3.63) is 29.6 Å². The molecule has 1 N–H and O–H groups in total. The van der Waals surface area contributed by atoms with Gasteiger partial charge < -0.3 is 19.5 Å². The highest BCUT2D eigenvalue weighted by Crippen LogP contribution is 2.20. The van der Waals surface area contributed by atoms with Gasteiger partial charge in [0, 0.05) is 6.04 Å². The zero-order chi connectivity index (χ0) is 14.4. The third kappa shape index (κ3) is 3.91. The summed E-state index contributed by atoms with van der Waals surface area (Å²) in [5.41, 5.74) is 0.920. The van der Waals surface area contributed by atoms with E-state index in [9.17, 15) is 4.39 Å². The Morgan fingerprint density at radius 3 is 2.90 bits per heavy atom. The van der Waals surface area contributed by atoms with Crippen LogP contribution in [0.4, 0.5) is 4.39 Å². The predicted molar refractivity (Wildman–Crippen MR) is 74.7 cm³/mol. The summed E-state index contributed by atoms with van der Waals surface area (Å²) in [7, 11) is 1.47. The van der Waals surface area contributed by atoms with Gasteiger partial charge in [-0.25, -0.2) is 4.39 Å². The molecule has 0 radical (unpaired) electrons. The average Bonchev–Trinajstić information content (AvgIpc) is 2.48. The molecule has 0 aliphatic carbocycles. The van der Waals surface area contributed by atoms with Crippen LogP contribution in [0.25, 0.3) is 0 Å². The number of benzene rings is 1. The number of ether oxygens (including phenoxy) is 3. The lowest BCUT2D eigenvalue weighted by atomic mass is 10.0. The molecule has 20 heavy (non-hydrogen) atoms. The molecule has 2 rings (SSSR count). The van der Waals surface area contributed by atoms with Crippen LogP contribution in [0.1, 0.15) is 12.5 Å². The van der Waals surface area contributed by atoms with Gasteiger partial charge >= 0.3 is 0 Å². The lowest BCUT2D eigenvalue weighted by molar-refractivity contribution is -0.101. The Bertz CT molecular complexity index is 422. The molecular formula is C15H22FNO3. The van der Waals surface area contributed by atoms with Crippen LogP contribution in [0.3, 0.4) is 0 Å². The van der Waals surface area contributed by atoms with Crippen molar-refractivity contribution in [1.29, 1.82) is 0 Å². The molecule has 0 bridgehead atoms. The first-order chi connectivity index (χ1) is 9.74. The van der Waals surface area contributed by atoms with Gasteiger partial charge in [0.15, 0.2) is 11.6 Å². The molecule has 1 aromatic rings. The molecule has 112 valence electrons. The molecule has 0 amide bonds. The first-order valence-corrected chi connectivity index (χ1v) is 6.99. The summed E-state index contributed by atoms with van der Waals surface area (Å²) < 4.78 is 29.8. The van der Waals surface area contributed by atoms with E-state index in [1.165, 1.54) is 13.2 Å². The van der Waals surface area contributed by atoms with Crippen LogP contribution >= 0.6 is 0 Å². The van der Waals surface area contributed by atoms with Gasteiger partial charge in [-0.05, 0) is 30.7 Å². The number of rotatable bonds is 6. The Labute approximate surface area is 119 Å². The normalized spacial score (nSPS) is 20.6. The van der Waals surface area contributed by atoms with Gasteiger partial charge in [-0.15, -0.1) is 0 Å². The highest BCUT2D eigenvalue weighted by Gasteiger charge is 2.24. The van der Waals surface area contributed by atoms with E-state index in [2.05, 4.69) is 5.32 Å². The van der Waals surface area contributed by atoms with Crippen molar-refractivity contribution >= 4 is 0 Å². The number of likely N-dealkylation sites (N-methyl/N-ethyl adjacent to an activating group) is 1. The first kappa shape index (κ1) is 15.2. The molecule has 1 heterocycles.